The minimum atomic E-state index is -0.794. The Bertz CT molecular complexity index is 620. The molecule has 0 unspecified atom stereocenters. The number of rotatable bonds is 7. The summed E-state index contributed by atoms with van der Waals surface area (Å²) in [6, 6.07) is 7.74. The Kier molecular flexibility index (Phi) is 5.69. The van der Waals surface area contributed by atoms with E-state index in [4.69, 9.17) is 0 Å². The van der Waals surface area contributed by atoms with Crippen LogP contribution in [0.5, 0.6) is 0 Å². The number of hydrogen-bond donors (Lipinski definition) is 2. The Labute approximate surface area is 135 Å². The topological polar surface area (TPSA) is 62.2 Å². The van der Waals surface area contributed by atoms with Crippen LogP contribution in [0.4, 0.5) is 0 Å². The van der Waals surface area contributed by atoms with Gasteiger partial charge in [-0.15, -0.1) is 11.3 Å². The second-order valence-electron chi connectivity index (χ2n) is 5.90. The number of thiazole rings is 1. The number of carbonyl (C=O) groups is 1. The van der Waals surface area contributed by atoms with Crippen LogP contribution in [0.25, 0.3) is 10.6 Å². The van der Waals surface area contributed by atoms with Gasteiger partial charge in [-0.3, -0.25) is 10.1 Å². The first-order valence-corrected chi connectivity index (χ1v) is 8.25. The number of carboxylic acids is 1. The molecule has 22 heavy (non-hydrogen) atoms. The standard InChI is InChI=1S/C17H22N2O2S/c1-11(2)8-15(17(20)21)18-9-14-10-19-16(22-14)13-6-4-12(3)5-7-13/h4-7,10-11,15,18H,8-9H2,1-3H3,(H,20,21)/t15-/m1/s1. The average Bonchev–Trinajstić information content (AvgIpc) is 2.92. The predicted octanol–water partition coefficient (Wildman–Crippen LogP) is 3.71. The Morgan fingerprint density at radius 1 is 1.32 bits per heavy atom. The van der Waals surface area contributed by atoms with Gasteiger partial charge >= 0.3 is 5.97 Å². The van der Waals surface area contributed by atoms with Gasteiger partial charge < -0.3 is 5.11 Å². The van der Waals surface area contributed by atoms with Gasteiger partial charge in [0.15, 0.2) is 0 Å². The van der Waals surface area contributed by atoms with Crippen LogP contribution in [0.2, 0.25) is 0 Å². The largest absolute Gasteiger partial charge is 0.480 e. The molecule has 0 aliphatic rings. The molecule has 0 amide bonds. The quantitative estimate of drug-likeness (QED) is 0.817. The first-order chi connectivity index (χ1) is 10.5. The van der Waals surface area contributed by atoms with Gasteiger partial charge in [-0.05, 0) is 19.3 Å². The molecule has 1 aromatic heterocycles. The van der Waals surface area contributed by atoms with Gasteiger partial charge in [0, 0.05) is 23.2 Å². The molecule has 5 heteroatoms. The lowest BCUT2D eigenvalue weighted by Crippen LogP contribution is -2.37. The second-order valence-corrected chi connectivity index (χ2v) is 7.01. The highest BCUT2D eigenvalue weighted by atomic mass is 32.1. The van der Waals surface area contributed by atoms with E-state index in [0.29, 0.717) is 18.9 Å². The molecule has 1 aromatic carbocycles. The van der Waals surface area contributed by atoms with Gasteiger partial charge in [0.25, 0.3) is 0 Å². The minimum absolute atomic E-state index is 0.346. The van der Waals surface area contributed by atoms with Crippen molar-refractivity contribution >= 4 is 17.3 Å². The first-order valence-electron chi connectivity index (χ1n) is 7.43. The van der Waals surface area contributed by atoms with Gasteiger partial charge in [0.05, 0.1) is 0 Å². The van der Waals surface area contributed by atoms with Gasteiger partial charge in [-0.25, -0.2) is 4.98 Å². The molecule has 0 aliphatic carbocycles. The molecule has 1 atom stereocenters. The molecular weight excluding hydrogens is 296 g/mol. The van der Waals surface area contributed by atoms with E-state index < -0.39 is 12.0 Å². The number of nitrogens with one attached hydrogen (secondary N) is 1. The SMILES string of the molecule is Cc1ccc(-c2ncc(CN[C@H](CC(C)C)C(=O)O)s2)cc1. The summed E-state index contributed by atoms with van der Waals surface area (Å²) in [5, 5.41) is 13.3. The molecule has 118 valence electrons. The van der Waals surface area contributed by atoms with Crippen LogP contribution in [-0.4, -0.2) is 22.1 Å². The molecule has 2 N–H and O–H groups in total. The van der Waals surface area contributed by atoms with Crippen molar-refractivity contribution in [1.29, 1.82) is 0 Å². The summed E-state index contributed by atoms with van der Waals surface area (Å²) in [7, 11) is 0. The summed E-state index contributed by atoms with van der Waals surface area (Å²) in [4.78, 5) is 16.7. The summed E-state index contributed by atoms with van der Waals surface area (Å²) >= 11 is 1.60. The minimum Gasteiger partial charge on any atom is -0.480 e. The summed E-state index contributed by atoms with van der Waals surface area (Å²) < 4.78 is 0. The van der Waals surface area contributed by atoms with Gasteiger partial charge in [-0.1, -0.05) is 43.7 Å². The molecule has 1 heterocycles. The third-order valence-electron chi connectivity index (χ3n) is 3.38. The number of carboxylic acid groups (broad SMARTS) is 1. The van der Waals surface area contributed by atoms with Crippen LogP contribution in [0, 0.1) is 12.8 Å². The summed E-state index contributed by atoms with van der Waals surface area (Å²) in [6.45, 7) is 6.65. The van der Waals surface area contributed by atoms with Crippen molar-refractivity contribution in [3.05, 3.63) is 40.9 Å². The van der Waals surface area contributed by atoms with Gasteiger partial charge in [0.2, 0.25) is 0 Å². The molecule has 4 nitrogen and oxygen atoms in total. The Balaban J connectivity index is 1.99. The van der Waals surface area contributed by atoms with Crippen LogP contribution in [-0.2, 0) is 11.3 Å². The fourth-order valence-electron chi connectivity index (χ4n) is 2.19. The number of hydrogen-bond acceptors (Lipinski definition) is 4. The lowest BCUT2D eigenvalue weighted by Gasteiger charge is -2.15. The third kappa shape index (κ3) is 4.64. The molecule has 0 spiro atoms. The lowest BCUT2D eigenvalue weighted by atomic mass is 10.0. The third-order valence-corrected chi connectivity index (χ3v) is 4.43. The Hall–Kier alpha value is -1.72. The predicted molar refractivity (Wildman–Crippen MR) is 90.0 cm³/mol. The van der Waals surface area contributed by atoms with Crippen LogP contribution in [0.3, 0.4) is 0 Å². The van der Waals surface area contributed by atoms with Crippen molar-refractivity contribution in [3.8, 4) is 10.6 Å². The molecule has 0 saturated heterocycles. The maximum Gasteiger partial charge on any atom is 0.320 e. The number of nitrogens with zero attached hydrogens (tertiary/aromatic N) is 1. The van der Waals surface area contributed by atoms with E-state index in [1.54, 1.807) is 11.3 Å². The molecule has 0 fully saturated rings. The van der Waals surface area contributed by atoms with E-state index >= 15 is 0 Å². The monoisotopic (exact) mass is 318 g/mol. The van der Waals surface area contributed by atoms with E-state index in [-0.39, 0.29) is 0 Å². The maximum absolute atomic E-state index is 11.2. The second kappa shape index (κ2) is 7.51. The van der Waals surface area contributed by atoms with Crippen LogP contribution < -0.4 is 5.32 Å². The van der Waals surface area contributed by atoms with Gasteiger partial charge in [-0.2, -0.15) is 0 Å². The summed E-state index contributed by atoms with van der Waals surface area (Å²) in [6.07, 6.45) is 2.44. The summed E-state index contributed by atoms with van der Waals surface area (Å²) in [5.74, 6) is -0.449. The Morgan fingerprint density at radius 2 is 2.00 bits per heavy atom. The number of benzene rings is 1. The average molecular weight is 318 g/mol. The molecule has 0 radical (unpaired) electrons. The van der Waals surface area contributed by atoms with E-state index in [0.717, 1.165) is 15.4 Å². The van der Waals surface area contributed by atoms with Crippen LogP contribution >= 0.6 is 11.3 Å². The molecule has 0 saturated carbocycles. The highest BCUT2D eigenvalue weighted by Crippen LogP contribution is 2.25. The van der Waals surface area contributed by atoms with Gasteiger partial charge in [0.1, 0.15) is 11.0 Å². The van der Waals surface area contributed by atoms with Crippen molar-refractivity contribution in [2.75, 3.05) is 0 Å². The summed E-state index contributed by atoms with van der Waals surface area (Å²) in [5.41, 5.74) is 2.32. The van der Waals surface area contributed by atoms with Crippen molar-refractivity contribution in [2.45, 2.75) is 39.8 Å². The zero-order valence-corrected chi connectivity index (χ0v) is 14.0. The molecular formula is C17H22N2O2S. The van der Waals surface area contributed by atoms with Crippen LogP contribution in [0.1, 0.15) is 30.7 Å². The van der Waals surface area contributed by atoms with E-state index in [2.05, 4.69) is 41.5 Å². The van der Waals surface area contributed by atoms with Crippen molar-refractivity contribution in [2.24, 2.45) is 5.92 Å². The van der Waals surface area contributed by atoms with E-state index in [9.17, 15) is 9.90 Å². The zero-order valence-electron chi connectivity index (χ0n) is 13.2. The smallest absolute Gasteiger partial charge is 0.320 e. The Morgan fingerprint density at radius 3 is 2.59 bits per heavy atom. The molecule has 0 bridgehead atoms. The fraction of sp³-hybridized carbons (Fsp3) is 0.412. The number of aliphatic carboxylic acids is 1. The lowest BCUT2D eigenvalue weighted by molar-refractivity contribution is -0.140. The normalized spacial score (nSPS) is 12.5. The van der Waals surface area contributed by atoms with Crippen molar-refractivity contribution < 1.29 is 9.90 Å². The number of aryl methyl sites for hydroxylation is 1. The highest BCUT2D eigenvalue weighted by Gasteiger charge is 2.18. The van der Waals surface area contributed by atoms with Crippen molar-refractivity contribution in [3.63, 3.8) is 0 Å². The van der Waals surface area contributed by atoms with E-state index in [1.807, 2.05) is 20.0 Å². The van der Waals surface area contributed by atoms with Crippen LogP contribution in [0.15, 0.2) is 30.5 Å². The zero-order chi connectivity index (χ0) is 16.1. The van der Waals surface area contributed by atoms with Crippen molar-refractivity contribution in [1.82, 2.24) is 10.3 Å². The maximum atomic E-state index is 11.2. The highest BCUT2D eigenvalue weighted by molar-refractivity contribution is 7.15. The first kappa shape index (κ1) is 16.6. The molecule has 2 aromatic rings. The van der Waals surface area contributed by atoms with E-state index in [1.165, 1.54) is 5.56 Å². The molecule has 2 rings (SSSR count). The molecule has 0 aliphatic heterocycles. The number of aromatic nitrogens is 1. The fourth-order valence-corrected chi connectivity index (χ4v) is 3.05.